The average molecular weight is 385 g/mol. The van der Waals surface area contributed by atoms with Crippen LogP contribution in [0.3, 0.4) is 0 Å². The molecule has 2 aliphatic heterocycles. The molecule has 27 heavy (non-hydrogen) atoms. The third-order valence-corrected chi connectivity index (χ3v) is 5.90. The van der Waals surface area contributed by atoms with Crippen LogP contribution < -0.4 is 16.2 Å². The maximum absolute atomic E-state index is 12.9. The summed E-state index contributed by atoms with van der Waals surface area (Å²) in [5.74, 6) is 0.394. The summed E-state index contributed by atoms with van der Waals surface area (Å²) in [5.41, 5.74) is 10.3. The molecule has 2 aromatic carbocycles. The summed E-state index contributed by atoms with van der Waals surface area (Å²) in [7, 11) is 2.02. The molecule has 0 aliphatic carbocycles. The van der Waals surface area contributed by atoms with Crippen LogP contribution in [-0.4, -0.2) is 37.0 Å². The lowest BCUT2D eigenvalue weighted by Gasteiger charge is -2.33. The Balaban J connectivity index is 1.38. The van der Waals surface area contributed by atoms with E-state index in [9.17, 15) is 4.79 Å². The van der Waals surface area contributed by atoms with E-state index in [0.29, 0.717) is 6.54 Å². The Morgan fingerprint density at radius 1 is 1.19 bits per heavy atom. The van der Waals surface area contributed by atoms with Gasteiger partial charge < -0.3 is 5.32 Å². The molecule has 5 nitrogen and oxygen atoms in total. The summed E-state index contributed by atoms with van der Waals surface area (Å²) in [6.45, 7) is 2.27. The number of likely N-dealkylation sites (N-methyl/N-ethyl adjacent to an activating group) is 1. The molecule has 2 aromatic rings. The number of nitrogens with one attached hydrogen (secondary N) is 3. The van der Waals surface area contributed by atoms with Gasteiger partial charge in [0.2, 0.25) is 5.91 Å². The average Bonchev–Trinajstić information content (AvgIpc) is 3.14. The van der Waals surface area contributed by atoms with Gasteiger partial charge in [0.05, 0.1) is 12.1 Å². The van der Waals surface area contributed by atoms with Crippen LogP contribution in [0.1, 0.15) is 22.7 Å². The zero-order valence-corrected chi connectivity index (χ0v) is 16.2. The summed E-state index contributed by atoms with van der Waals surface area (Å²) >= 11 is 6.00. The highest BCUT2D eigenvalue weighted by atomic mass is 35.5. The first-order valence-electron chi connectivity index (χ1n) is 9.40. The Hall–Kier alpha value is -1.92. The molecule has 3 atom stereocenters. The predicted octanol–water partition coefficient (Wildman–Crippen LogP) is 2.28. The SMILES string of the molecule is CN1Cc2ccccc2CC1C(=O)NCC1CNNC1c1ccc(Cl)cc1. The summed E-state index contributed by atoms with van der Waals surface area (Å²) in [6.07, 6.45) is 0.764. The van der Waals surface area contributed by atoms with Gasteiger partial charge in [-0.25, -0.2) is 5.43 Å². The third-order valence-electron chi connectivity index (χ3n) is 5.65. The number of benzene rings is 2. The molecule has 1 amide bonds. The first kappa shape index (κ1) is 18.4. The van der Waals surface area contributed by atoms with Gasteiger partial charge in [-0.2, -0.15) is 0 Å². The number of nitrogens with zero attached hydrogens (tertiary/aromatic N) is 1. The van der Waals surface area contributed by atoms with Gasteiger partial charge in [0.25, 0.3) is 0 Å². The van der Waals surface area contributed by atoms with Gasteiger partial charge >= 0.3 is 0 Å². The fourth-order valence-corrected chi connectivity index (χ4v) is 4.17. The summed E-state index contributed by atoms with van der Waals surface area (Å²) in [4.78, 5) is 15.0. The highest BCUT2D eigenvalue weighted by Crippen LogP contribution is 2.26. The van der Waals surface area contributed by atoms with Crippen molar-refractivity contribution in [3.63, 3.8) is 0 Å². The minimum Gasteiger partial charge on any atom is -0.354 e. The van der Waals surface area contributed by atoms with E-state index >= 15 is 0 Å². The smallest absolute Gasteiger partial charge is 0.237 e. The molecule has 6 heteroatoms. The van der Waals surface area contributed by atoms with Crippen molar-refractivity contribution < 1.29 is 4.79 Å². The molecule has 2 heterocycles. The molecule has 0 aromatic heterocycles. The highest BCUT2D eigenvalue weighted by molar-refractivity contribution is 6.30. The minimum absolute atomic E-state index is 0.105. The Morgan fingerprint density at radius 3 is 2.70 bits per heavy atom. The monoisotopic (exact) mass is 384 g/mol. The van der Waals surface area contributed by atoms with Crippen LogP contribution in [0.2, 0.25) is 5.02 Å². The second-order valence-corrected chi connectivity index (χ2v) is 7.90. The minimum atomic E-state index is -0.115. The lowest BCUT2D eigenvalue weighted by Crippen LogP contribution is -2.49. The fourth-order valence-electron chi connectivity index (χ4n) is 4.05. The van der Waals surface area contributed by atoms with E-state index in [2.05, 4.69) is 39.3 Å². The van der Waals surface area contributed by atoms with E-state index in [1.54, 1.807) is 0 Å². The molecule has 2 aliphatic rings. The van der Waals surface area contributed by atoms with E-state index in [1.165, 1.54) is 16.7 Å². The highest BCUT2D eigenvalue weighted by Gasteiger charge is 2.32. The molecule has 1 fully saturated rings. The van der Waals surface area contributed by atoms with E-state index in [4.69, 9.17) is 11.6 Å². The van der Waals surface area contributed by atoms with Crippen molar-refractivity contribution in [3.8, 4) is 0 Å². The largest absolute Gasteiger partial charge is 0.354 e. The van der Waals surface area contributed by atoms with Crippen molar-refractivity contribution >= 4 is 17.5 Å². The van der Waals surface area contributed by atoms with Crippen LogP contribution in [-0.2, 0) is 17.8 Å². The van der Waals surface area contributed by atoms with Crippen molar-refractivity contribution in [2.45, 2.75) is 25.0 Å². The first-order chi connectivity index (χ1) is 13.1. The maximum atomic E-state index is 12.9. The van der Waals surface area contributed by atoms with E-state index in [0.717, 1.165) is 24.5 Å². The lowest BCUT2D eigenvalue weighted by molar-refractivity contribution is -0.126. The van der Waals surface area contributed by atoms with Crippen LogP contribution in [0.5, 0.6) is 0 Å². The molecule has 0 spiro atoms. The lowest BCUT2D eigenvalue weighted by atomic mass is 9.93. The molecule has 1 saturated heterocycles. The number of rotatable bonds is 4. The zero-order valence-electron chi connectivity index (χ0n) is 15.4. The topological polar surface area (TPSA) is 56.4 Å². The number of amides is 1. The van der Waals surface area contributed by atoms with Gasteiger partial charge in [0.1, 0.15) is 0 Å². The van der Waals surface area contributed by atoms with E-state index < -0.39 is 0 Å². The Kier molecular flexibility index (Phi) is 5.45. The van der Waals surface area contributed by atoms with E-state index in [-0.39, 0.29) is 23.9 Å². The maximum Gasteiger partial charge on any atom is 0.237 e. The van der Waals surface area contributed by atoms with Crippen LogP contribution >= 0.6 is 11.6 Å². The van der Waals surface area contributed by atoms with Crippen molar-refractivity contribution in [2.24, 2.45) is 5.92 Å². The molecule has 3 N–H and O–H groups in total. The number of hydrogen-bond acceptors (Lipinski definition) is 4. The first-order valence-corrected chi connectivity index (χ1v) is 9.78. The van der Waals surface area contributed by atoms with Crippen LogP contribution in [0.15, 0.2) is 48.5 Å². The van der Waals surface area contributed by atoms with Gasteiger partial charge in [-0.05, 0) is 42.3 Å². The molecule has 0 radical (unpaired) electrons. The second kappa shape index (κ2) is 7.98. The molecule has 3 unspecified atom stereocenters. The summed E-state index contributed by atoms with van der Waals surface area (Å²) in [5, 5.41) is 3.91. The number of carbonyl (C=O) groups is 1. The Bertz CT molecular complexity index is 810. The number of hydrazine groups is 1. The second-order valence-electron chi connectivity index (χ2n) is 7.46. The normalized spacial score (nSPS) is 25.2. The van der Waals surface area contributed by atoms with Crippen LogP contribution in [0.4, 0.5) is 0 Å². The number of halogens is 1. The fraction of sp³-hybridized carbons (Fsp3) is 0.381. The third kappa shape index (κ3) is 4.01. The van der Waals surface area contributed by atoms with Gasteiger partial charge in [0.15, 0.2) is 0 Å². The van der Waals surface area contributed by atoms with Crippen molar-refractivity contribution in [2.75, 3.05) is 20.1 Å². The number of hydrogen-bond donors (Lipinski definition) is 3. The number of fused-ring (bicyclic) bond motifs is 1. The van der Waals surface area contributed by atoms with Crippen LogP contribution in [0.25, 0.3) is 0 Å². The molecular weight excluding hydrogens is 360 g/mol. The molecule has 0 bridgehead atoms. The molecule has 142 valence electrons. The molecule has 4 rings (SSSR count). The van der Waals surface area contributed by atoms with E-state index in [1.807, 2.05) is 37.4 Å². The van der Waals surface area contributed by atoms with Crippen molar-refractivity contribution in [1.29, 1.82) is 0 Å². The van der Waals surface area contributed by atoms with Gasteiger partial charge in [-0.3, -0.25) is 15.1 Å². The molecule has 0 saturated carbocycles. The zero-order chi connectivity index (χ0) is 18.8. The summed E-state index contributed by atoms with van der Waals surface area (Å²) in [6, 6.07) is 16.3. The molecular formula is C21H25ClN4O. The van der Waals surface area contributed by atoms with Gasteiger partial charge in [-0.1, -0.05) is 48.0 Å². The predicted molar refractivity (Wildman–Crippen MR) is 107 cm³/mol. The Labute approximate surface area is 165 Å². The Morgan fingerprint density at radius 2 is 1.93 bits per heavy atom. The van der Waals surface area contributed by atoms with Gasteiger partial charge in [0, 0.05) is 30.6 Å². The quantitative estimate of drug-likeness (QED) is 0.757. The van der Waals surface area contributed by atoms with Crippen molar-refractivity contribution in [1.82, 2.24) is 21.1 Å². The standard InChI is InChI=1S/C21H25ClN4O/c1-26-13-16-5-3-2-4-15(16)10-19(26)21(27)23-11-17-12-24-25-20(17)14-6-8-18(22)9-7-14/h2-9,17,19-20,24-25H,10-13H2,1H3,(H,23,27). The number of carbonyl (C=O) groups excluding carboxylic acids is 1. The van der Waals surface area contributed by atoms with Crippen LogP contribution in [0, 0.1) is 5.92 Å². The summed E-state index contributed by atoms with van der Waals surface area (Å²) < 4.78 is 0. The van der Waals surface area contributed by atoms with Crippen molar-refractivity contribution in [3.05, 3.63) is 70.2 Å². The van der Waals surface area contributed by atoms with Gasteiger partial charge in [-0.15, -0.1) is 0 Å².